The number of fused-ring (bicyclic) bond motifs is 1. The Labute approximate surface area is 167 Å². The molecule has 0 bridgehead atoms. The van der Waals surface area contributed by atoms with E-state index in [1.54, 1.807) is 10.9 Å². The average molecular weight is 394 g/mol. The molecule has 142 valence electrons. The number of hydrogen-bond donors (Lipinski definition) is 3. The van der Waals surface area contributed by atoms with Crippen LogP contribution in [-0.4, -0.2) is 33.0 Å². The number of anilines is 2. The number of hydrogen-bond acceptors (Lipinski definition) is 5. The van der Waals surface area contributed by atoms with E-state index in [2.05, 4.69) is 20.7 Å². The van der Waals surface area contributed by atoms with Crippen molar-refractivity contribution in [3.63, 3.8) is 0 Å². The summed E-state index contributed by atoms with van der Waals surface area (Å²) < 4.78 is 1.79. The van der Waals surface area contributed by atoms with E-state index in [0.29, 0.717) is 24.1 Å². The molecule has 2 aromatic heterocycles. The van der Waals surface area contributed by atoms with Gasteiger partial charge in [-0.15, -0.1) is 0 Å². The van der Waals surface area contributed by atoms with Crippen molar-refractivity contribution in [2.45, 2.75) is 6.67 Å². The fraction of sp³-hybridized carbons (Fsp3) is 0.143. The van der Waals surface area contributed by atoms with E-state index >= 15 is 0 Å². The van der Waals surface area contributed by atoms with Gasteiger partial charge in [-0.2, -0.15) is 5.10 Å². The average Bonchev–Trinajstić information content (AvgIpc) is 3.14. The maximum absolute atomic E-state index is 8.90. The summed E-state index contributed by atoms with van der Waals surface area (Å²) in [6, 6.07) is 17.8. The summed E-state index contributed by atoms with van der Waals surface area (Å²) in [4.78, 5) is 4.47. The highest BCUT2D eigenvalue weighted by molar-refractivity contribution is 6.36. The van der Waals surface area contributed by atoms with Gasteiger partial charge in [0, 0.05) is 24.5 Å². The highest BCUT2D eigenvalue weighted by atomic mass is 35.5. The number of nitrogens with one attached hydrogen (secondary N) is 2. The first kappa shape index (κ1) is 18.4. The first-order valence-corrected chi connectivity index (χ1v) is 9.39. The number of pyridine rings is 1. The monoisotopic (exact) mass is 393 g/mol. The van der Waals surface area contributed by atoms with E-state index in [1.165, 1.54) is 0 Å². The second-order valence-corrected chi connectivity index (χ2v) is 6.68. The van der Waals surface area contributed by atoms with Crippen molar-refractivity contribution >= 4 is 34.0 Å². The van der Waals surface area contributed by atoms with Crippen LogP contribution in [0.4, 0.5) is 11.5 Å². The minimum absolute atomic E-state index is 0.0887. The predicted octanol–water partition coefficient (Wildman–Crippen LogP) is 4.03. The summed E-state index contributed by atoms with van der Waals surface area (Å²) in [5.41, 5.74) is 3.64. The van der Waals surface area contributed by atoms with Crippen LogP contribution in [0.15, 0.2) is 67.0 Å². The van der Waals surface area contributed by atoms with Gasteiger partial charge < -0.3 is 10.4 Å². The Bertz CT molecular complexity index is 1080. The molecule has 0 amide bonds. The summed E-state index contributed by atoms with van der Waals surface area (Å²) in [7, 11) is 0. The molecule has 2 heterocycles. The van der Waals surface area contributed by atoms with Crippen LogP contribution in [0.5, 0.6) is 0 Å². The van der Waals surface area contributed by atoms with Crippen LogP contribution in [-0.2, 0) is 6.67 Å². The zero-order chi connectivity index (χ0) is 19.3. The SMILES string of the molecule is OCCNCn1cc2c(Nc3cccc(-c4ccccc4)c3Cl)nccc2n1. The molecule has 0 saturated carbocycles. The van der Waals surface area contributed by atoms with Crippen molar-refractivity contribution in [2.24, 2.45) is 0 Å². The molecule has 0 fully saturated rings. The summed E-state index contributed by atoms with van der Waals surface area (Å²) in [6.07, 6.45) is 3.64. The van der Waals surface area contributed by atoms with Crippen molar-refractivity contribution in [3.05, 3.63) is 72.0 Å². The molecule has 0 aliphatic carbocycles. The Kier molecular flexibility index (Phi) is 5.53. The summed E-state index contributed by atoms with van der Waals surface area (Å²) in [5, 5.41) is 21.4. The fourth-order valence-electron chi connectivity index (χ4n) is 3.04. The van der Waals surface area contributed by atoms with Gasteiger partial charge >= 0.3 is 0 Å². The lowest BCUT2D eigenvalue weighted by Crippen LogP contribution is -2.21. The number of aromatic nitrogens is 3. The van der Waals surface area contributed by atoms with E-state index in [-0.39, 0.29) is 6.61 Å². The molecular formula is C21H20ClN5O. The van der Waals surface area contributed by atoms with E-state index in [0.717, 1.165) is 27.7 Å². The Morgan fingerprint density at radius 3 is 2.71 bits per heavy atom. The summed E-state index contributed by atoms with van der Waals surface area (Å²) in [6.45, 7) is 1.12. The van der Waals surface area contributed by atoms with E-state index in [4.69, 9.17) is 16.7 Å². The van der Waals surface area contributed by atoms with Gasteiger partial charge in [-0.25, -0.2) is 4.98 Å². The minimum atomic E-state index is 0.0887. The van der Waals surface area contributed by atoms with Gasteiger partial charge in [0.1, 0.15) is 5.82 Å². The quantitative estimate of drug-likeness (QED) is 0.413. The molecular weight excluding hydrogens is 374 g/mol. The lowest BCUT2D eigenvalue weighted by Gasteiger charge is -2.12. The van der Waals surface area contributed by atoms with Crippen molar-refractivity contribution in [2.75, 3.05) is 18.5 Å². The van der Waals surface area contributed by atoms with Crippen LogP contribution in [0.1, 0.15) is 0 Å². The number of halogens is 1. The highest BCUT2D eigenvalue weighted by Crippen LogP contribution is 2.35. The van der Waals surface area contributed by atoms with Crippen LogP contribution in [0, 0.1) is 0 Å². The third kappa shape index (κ3) is 3.84. The predicted molar refractivity (Wildman–Crippen MR) is 113 cm³/mol. The molecule has 0 aliphatic heterocycles. The van der Waals surface area contributed by atoms with Gasteiger partial charge in [-0.3, -0.25) is 10.00 Å². The zero-order valence-corrected chi connectivity index (χ0v) is 15.9. The van der Waals surface area contributed by atoms with Crippen molar-refractivity contribution in [1.82, 2.24) is 20.1 Å². The molecule has 28 heavy (non-hydrogen) atoms. The maximum atomic E-state index is 8.90. The number of aliphatic hydroxyl groups excluding tert-OH is 1. The van der Waals surface area contributed by atoms with E-state index in [1.807, 2.05) is 60.8 Å². The van der Waals surface area contributed by atoms with Gasteiger partial charge in [0.15, 0.2) is 0 Å². The number of rotatable bonds is 7. The van der Waals surface area contributed by atoms with Gasteiger partial charge in [0.2, 0.25) is 0 Å². The van der Waals surface area contributed by atoms with Crippen molar-refractivity contribution in [1.29, 1.82) is 0 Å². The molecule has 7 heteroatoms. The van der Waals surface area contributed by atoms with Crippen molar-refractivity contribution < 1.29 is 5.11 Å². The van der Waals surface area contributed by atoms with Gasteiger partial charge in [0.05, 0.1) is 34.9 Å². The minimum Gasteiger partial charge on any atom is -0.395 e. The molecule has 0 spiro atoms. The number of benzene rings is 2. The number of aliphatic hydroxyl groups is 1. The third-order valence-electron chi connectivity index (χ3n) is 4.38. The molecule has 0 saturated heterocycles. The Hall–Kier alpha value is -2.93. The molecule has 6 nitrogen and oxygen atoms in total. The second kappa shape index (κ2) is 8.39. The zero-order valence-electron chi connectivity index (χ0n) is 15.1. The molecule has 0 aliphatic rings. The van der Waals surface area contributed by atoms with Crippen LogP contribution >= 0.6 is 11.6 Å². The first-order valence-electron chi connectivity index (χ1n) is 9.01. The van der Waals surface area contributed by atoms with Crippen molar-refractivity contribution in [3.8, 4) is 11.1 Å². The molecule has 0 unspecified atom stereocenters. The molecule has 3 N–H and O–H groups in total. The normalized spacial score (nSPS) is 11.1. The van der Waals surface area contributed by atoms with Crippen LogP contribution < -0.4 is 10.6 Å². The van der Waals surface area contributed by atoms with Crippen LogP contribution in [0.3, 0.4) is 0 Å². The Balaban J connectivity index is 1.65. The topological polar surface area (TPSA) is 75.0 Å². The number of nitrogens with zero attached hydrogens (tertiary/aromatic N) is 3. The molecule has 4 aromatic rings. The largest absolute Gasteiger partial charge is 0.395 e. The molecule has 0 radical (unpaired) electrons. The first-order chi connectivity index (χ1) is 13.8. The maximum Gasteiger partial charge on any atom is 0.141 e. The van der Waals surface area contributed by atoms with E-state index in [9.17, 15) is 0 Å². The lowest BCUT2D eigenvalue weighted by atomic mass is 10.1. The Morgan fingerprint density at radius 2 is 1.89 bits per heavy atom. The van der Waals surface area contributed by atoms with Crippen LogP contribution in [0.2, 0.25) is 5.02 Å². The standard InChI is InChI=1S/C21H20ClN5O/c22-20-16(15-5-2-1-3-6-15)7-4-8-19(20)25-21-17-13-27(14-23-11-12-28)26-18(17)9-10-24-21/h1-10,13,23,28H,11-12,14H2,(H,24,25). The summed E-state index contributed by atoms with van der Waals surface area (Å²) >= 11 is 6.69. The second-order valence-electron chi connectivity index (χ2n) is 6.30. The Morgan fingerprint density at radius 1 is 1.04 bits per heavy atom. The molecule has 4 rings (SSSR count). The summed E-state index contributed by atoms with van der Waals surface area (Å²) in [5.74, 6) is 0.693. The van der Waals surface area contributed by atoms with Crippen LogP contribution in [0.25, 0.3) is 22.0 Å². The van der Waals surface area contributed by atoms with E-state index < -0.39 is 0 Å². The molecule has 0 atom stereocenters. The van der Waals surface area contributed by atoms with Gasteiger partial charge in [-0.05, 0) is 17.7 Å². The van der Waals surface area contributed by atoms with Gasteiger partial charge in [-0.1, -0.05) is 54.1 Å². The lowest BCUT2D eigenvalue weighted by molar-refractivity contribution is 0.285. The fourth-order valence-corrected chi connectivity index (χ4v) is 3.33. The molecule has 2 aromatic carbocycles. The highest BCUT2D eigenvalue weighted by Gasteiger charge is 2.12. The smallest absolute Gasteiger partial charge is 0.141 e. The van der Waals surface area contributed by atoms with Gasteiger partial charge in [0.25, 0.3) is 0 Å². The third-order valence-corrected chi connectivity index (χ3v) is 4.79.